The summed E-state index contributed by atoms with van der Waals surface area (Å²) in [6.45, 7) is 4.00. The molecule has 0 unspecified atom stereocenters. The van der Waals surface area contributed by atoms with Gasteiger partial charge in [0, 0.05) is 11.1 Å². The summed E-state index contributed by atoms with van der Waals surface area (Å²) < 4.78 is 0. The second-order valence-corrected chi connectivity index (χ2v) is 4.57. The van der Waals surface area contributed by atoms with Gasteiger partial charge in [-0.15, -0.1) is 0 Å². The number of hydrogen-bond acceptors (Lipinski definition) is 3. The van der Waals surface area contributed by atoms with Gasteiger partial charge in [-0.1, -0.05) is 20.3 Å². The van der Waals surface area contributed by atoms with E-state index in [-0.39, 0.29) is 11.8 Å². The van der Waals surface area contributed by atoms with Crippen LogP contribution in [-0.4, -0.2) is 22.1 Å². The molecule has 1 aromatic carbocycles. The number of aromatic amines is 1. The van der Waals surface area contributed by atoms with Gasteiger partial charge in [-0.2, -0.15) is 5.10 Å². The standard InChI is InChI=1S/C13H18N4O/c1-3-8(2)12(14)13(18)16-10-5-4-9-7-15-17-11(9)6-10/h4-8,12H,3,14H2,1-2H3,(H,15,17)(H,16,18)/t8-,12-/m0/s1. The minimum atomic E-state index is -0.479. The molecule has 0 aliphatic carbocycles. The Morgan fingerprint density at radius 2 is 2.33 bits per heavy atom. The first-order valence-electron chi connectivity index (χ1n) is 6.11. The summed E-state index contributed by atoms with van der Waals surface area (Å²) in [7, 11) is 0. The van der Waals surface area contributed by atoms with Crippen LogP contribution in [-0.2, 0) is 4.79 Å². The largest absolute Gasteiger partial charge is 0.325 e. The SMILES string of the molecule is CC[C@H](C)[C@H](N)C(=O)Nc1ccc2cn[nH]c2c1. The van der Waals surface area contributed by atoms with E-state index in [4.69, 9.17) is 5.73 Å². The van der Waals surface area contributed by atoms with E-state index in [0.717, 1.165) is 23.0 Å². The second kappa shape index (κ2) is 5.18. The molecule has 0 spiro atoms. The van der Waals surface area contributed by atoms with Crippen molar-refractivity contribution >= 4 is 22.5 Å². The molecule has 0 saturated heterocycles. The molecule has 1 amide bonds. The Morgan fingerprint density at radius 1 is 1.56 bits per heavy atom. The molecule has 1 heterocycles. The number of rotatable bonds is 4. The predicted octanol–water partition coefficient (Wildman–Crippen LogP) is 1.87. The average Bonchev–Trinajstić information content (AvgIpc) is 2.84. The van der Waals surface area contributed by atoms with Crippen molar-refractivity contribution in [1.29, 1.82) is 0 Å². The molecule has 2 aromatic rings. The van der Waals surface area contributed by atoms with Crippen LogP contribution in [0.3, 0.4) is 0 Å². The molecule has 2 atom stereocenters. The third-order valence-electron chi connectivity index (χ3n) is 3.27. The van der Waals surface area contributed by atoms with Crippen molar-refractivity contribution in [2.45, 2.75) is 26.3 Å². The number of carbonyl (C=O) groups is 1. The van der Waals surface area contributed by atoms with Gasteiger partial charge in [0.15, 0.2) is 0 Å². The summed E-state index contributed by atoms with van der Waals surface area (Å²) in [6, 6.07) is 5.12. The Kier molecular flexibility index (Phi) is 3.62. The average molecular weight is 246 g/mol. The van der Waals surface area contributed by atoms with Crippen molar-refractivity contribution in [2.24, 2.45) is 11.7 Å². The van der Waals surface area contributed by atoms with Crippen molar-refractivity contribution in [1.82, 2.24) is 10.2 Å². The maximum Gasteiger partial charge on any atom is 0.241 e. The lowest BCUT2D eigenvalue weighted by atomic mass is 9.99. The van der Waals surface area contributed by atoms with Gasteiger partial charge < -0.3 is 11.1 Å². The summed E-state index contributed by atoms with van der Waals surface area (Å²) in [6.07, 6.45) is 2.62. The zero-order valence-corrected chi connectivity index (χ0v) is 10.6. The number of H-pyrrole nitrogens is 1. The van der Waals surface area contributed by atoms with Crippen LogP contribution in [0.2, 0.25) is 0 Å². The highest BCUT2D eigenvalue weighted by Gasteiger charge is 2.19. The summed E-state index contributed by atoms with van der Waals surface area (Å²) in [5.41, 5.74) is 7.50. The van der Waals surface area contributed by atoms with Gasteiger partial charge in [0.25, 0.3) is 0 Å². The van der Waals surface area contributed by atoms with E-state index in [9.17, 15) is 4.79 Å². The first-order valence-corrected chi connectivity index (χ1v) is 6.11. The van der Waals surface area contributed by atoms with Crippen LogP contribution in [0.15, 0.2) is 24.4 Å². The topological polar surface area (TPSA) is 83.8 Å². The highest BCUT2D eigenvalue weighted by atomic mass is 16.2. The number of anilines is 1. The molecule has 96 valence electrons. The minimum Gasteiger partial charge on any atom is -0.325 e. The molecular formula is C13H18N4O. The Labute approximate surface area is 106 Å². The Balaban J connectivity index is 2.10. The zero-order valence-electron chi connectivity index (χ0n) is 10.6. The molecule has 2 rings (SSSR count). The van der Waals surface area contributed by atoms with Crippen LogP contribution >= 0.6 is 0 Å². The zero-order chi connectivity index (χ0) is 13.1. The summed E-state index contributed by atoms with van der Waals surface area (Å²) in [4.78, 5) is 11.9. The monoisotopic (exact) mass is 246 g/mol. The first-order chi connectivity index (χ1) is 8.61. The van der Waals surface area contributed by atoms with E-state index in [1.54, 1.807) is 6.20 Å². The van der Waals surface area contributed by atoms with Crippen LogP contribution in [0.5, 0.6) is 0 Å². The molecule has 1 aromatic heterocycles. The van der Waals surface area contributed by atoms with E-state index in [1.165, 1.54) is 0 Å². The molecular weight excluding hydrogens is 228 g/mol. The number of aromatic nitrogens is 2. The number of carbonyl (C=O) groups excluding carboxylic acids is 1. The van der Waals surface area contributed by atoms with Crippen molar-refractivity contribution in [3.63, 3.8) is 0 Å². The van der Waals surface area contributed by atoms with Gasteiger partial charge in [-0.05, 0) is 24.1 Å². The van der Waals surface area contributed by atoms with Gasteiger partial charge in [0.1, 0.15) is 0 Å². The van der Waals surface area contributed by atoms with Gasteiger partial charge in [-0.25, -0.2) is 0 Å². The number of benzene rings is 1. The molecule has 18 heavy (non-hydrogen) atoms. The highest BCUT2D eigenvalue weighted by molar-refractivity contribution is 5.96. The summed E-state index contributed by atoms with van der Waals surface area (Å²) in [5.74, 6) is 0.0177. The maximum atomic E-state index is 11.9. The van der Waals surface area contributed by atoms with E-state index in [0.29, 0.717) is 0 Å². The lowest BCUT2D eigenvalue weighted by molar-refractivity contribution is -0.118. The second-order valence-electron chi connectivity index (χ2n) is 4.57. The Bertz CT molecular complexity index is 549. The van der Waals surface area contributed by atoms with E-state index >= 15 is 0 Å². The Hall–Kier alpha value is -1.88. The number of hydrogen-bond donors (Lipinski definition) is 3. The van der Waals surface area contributed by atoms with Crippen molar-refractivity contribution in [3.05, 3.63) is 24.4 Å². The molecule has 0 aliphatic rings. The summed E-state index contributed by atoms with van der Waals surface area (Å²) >= 11 is 0. The summed E-state index contributed by atoms with van der Waals surface area (Å²) in [5, 5.41) is 10.6. The van der Waals surface area contributed by atoms with Crippen molar-refractivity contribution in [2.75, 3.05) is 5.32 Å². The number of nitrogens with two attached hydrogens (primary N) is 1. The van der Waals surface area contributed by atoms with E-state index in [2.05, 4.69) is 15.5 Å². The van der Waals surface area contributed by atoms with Gasteiger partial charge in [-0.3, -0.25) is 9.89 Å². The molecule has 0 saturated carbocycles. The van der Waals surface area contributed by atoms with Crippen LogP contribution in [0.4, 0.5) is 5.69 Å². The fourth-order valence-electron chi connectivity index (χ4n) is 1.75. The maximum absolute atomic E-state index is 11.9. The van der Waals surface area contributed by atoms with Gasteiger partial charge >= 0.3 is 0 Å². The van der Waals surface area contributed by atoms with Crippen molar-refractivity contribution in [3.8, 4) is 0 Å². The fourth-order valence-corrected chi connectivity index (χ4v) is 1.75. The fraction of sp³-hybridized carbons (Fsp3) is 0.385. The van der Waals surface area contributed by atoms with Gasteiger partial charge in [0.2, 0.25) is 5.91 Å². The predicted molar refractivity (Wildman–Crippen MR) is 72.2 cm³/mol. The molecule has 0 fully saturated rings. The smallest absolute Gasteiger partial charge is 0.241 e. The van der Waals surface area contributed by atoms with Crippen LogP contribution in [0.25, 0.3) is 10.9 Å². The van der Waals surface area contributed by atoms with Gasteiger partial charge in [0.05, 0.1) is 17.8 Å². The third kappa shape index (κ3) is 2.51. The quantitative estimate of drug-likeness (QED) is 0.770. The number of nitrogens with zero attached hydrogens (tertiary/aromatic N) is 1. The number of nitrogens with one attached hydrogen (secondary N) is 2. The third-order valence-corrected chi connectivity index (χ3v) is 3.27. The van der Waals surface area contributed by atoms with E-state index < -0.39 is 6.04 Å². The van der Waals surface area contributed by atoms with Crippen LogP contribution in [0.1, 0.15) is 20.3 Å². The molecule has 5 nitrogen and oxygen atoms in total. The molecule has 0 radical (unpaired) electrons. The lowest BCUT2D eigenvalue weighted by Crippen LogP contribution is -2.40. The molecule has 0 bridgehead atoms. The number of amides is 1. The van der Waals surface area contributed by atoms with Crippen LogP contribution in [0, 0.1) is 5.92 Å². The normalized spacial score (nSPS) is 14.4. The highest BCUT2D eigenvalue weighted by Crippen LogP contribution is 2.17. The molecule has 4 N–H and O–H groups in total. The first kappa shape index (κ1) is 12.6. The van der Waals surface area contributed by atoms with Crippen molar-refractivity contribution < 1.29 is 4.79 Å². The molecule has 5 heteroatoms. The Morgan fingerprint density at radius 3 is 3.06 bits per heavy atom. The minimum absolute atomic E-state index is 0.150. The number of fused-ring (bicyclic) bond motifs is 1. The molecule has 0 aliphatic heterocycles. The lowest BCUT2D eigenvalue weighted by Gasteiger charge is -2.17. The van der Waals surface area contributed by atoms with E-state index in [1.807, 2.05) is 32.0 Å². The van der Waals surface area contributed by atoms with Crippen LogP contribution < -0.4 is 11.1 Å².